The Kier molecular flexibility index (Phi) is 9.86. The normalized spacial score (nSPS) is 20.8. The summed E-state index contributed by atoms with van der Waals surface area (Å²) in [6.07, 6.45) is 3.81. The van der Waals surface area contributed by atoms with Crippen LogP contribution in [0.5, 0.6) is 0 Å². The molecule has 3 amide bonds. The third-order valence-corrected chi connectivity index (χ3v) is 11.2. The van der Waals surface area contributed by atoms with Crippen molar-refractivity contribution in [3.8, 4) is 22.4 Å². The number of fused-ring (bicyclic) bond motifs is 3. The lowest BCUT2D eigenvalue weighted by atomic mass is 9.95. The number of methoxy groups -OCH3 is 1. The second-order valence-corrected chi connectivity index (χ2v) is 16.5. The van der Waals surface area contributed by atoms with Gasteiger partial charge in [0.1, 0.15) is 17.5 Å². The summed E-state index contributed by atoms with van der Waals surface area (Å²) in [6.45, 7) is 11.3. The Bertz CT molecular complexity index is 2180. The number of aromatic nitrogens is 2. The molecular formula is C43H50N6O7. The van der Waals surface area contributed by atoms with Crippen LogP contribution in [-0.4, -0.2) is 100 Å². The van der Waals surface area contributed by atoms with Crippen LogP contribution in [0.2, 0.25) is 0 Å². The Morgan fingerprint density at radius 3 is 2.41 bits per heavy atom. The number of carbonyl (C=O) groups excluding carboxylic acids is 3. The molecule has 0 radical (unpaired) electrons. The molecule has 56 heavy (non-hydrogen) atoms. The molecule has 1 spiro atoms. The number of nitrogens with one attached hydrogen (secondary N) is 2. The van der Waals surface area contributed by atoms with Crippen molar-refractivity contribution in [1.82, 2.24) is 25.1 Å². The molecule has 8 rings (SSSR count). The first kappa shape index (κ1) is 37.6. The predicted molar refractivity (Wildman–Crippen MR) is 212 cm³/mol. The summed E-state index contributed by atoms with van der Waals surface area (Å²) in [7, 11) is 1.28. The Morgan fingerprint density at radius 1 is 0.964 bits per heavy atom. The van der Waals surface area contributed by atoms with E-state index in [0.717, 1.165) is 52.0 Å². The molecule has 3 fully saturated rings. The van der Waals surface area contributed by atoms with Crippen LogP contribution in [0.15, 0.2) is 65.8 Å². The Labute approximate surface area is 326 Å². The Hall–Kier alpha value is -5.27. The lowest BCUT2D eigenvalue weighted by molar-refractivity contribution is -0.153. The van der Waals surface area contributed by atoms with Crippen molar-refractivity contribution < 1.29 is 33.3 Å². The van der Waals surface area contributed by atoms with Gasteiger partial charge in [-0.25, -0.2) is 14.6 Å². The number of ether oxygens (including phenoxy) is 4. The number of likely N-dealkylation sites (tertiary alicyclic amines) is 2. The first-order valence-corrected chi connectivity index (χ1v) is 19.5. The first-order chi connectivity index (χ1) is 26.8. The van der Waals surface area contributed by atoms with Gasteiger partial charge in [-0.2, -0.15) is 0 Å². The van der Waals surface area contributed by atoms with Gasteiger partial charge >= 0.3 is 12.2 Å². The molecule has 0 unspecified atom stereocenters. The van der Waals surface area contributed by atoms with E-state index in [9.17, 15) is 14.4 Å². The molecule has 3 aromatic carbocycles. The lowest BCUT2D eigenvalue weighted by Gasteiger charge is -2.30. The van der Waals surface area contributed by atoms with E-state index in [2.05, 4.69) is 64.9 Å². The van der Waals surface area contributed by atoms with E-state index in [1.54, 1.807) is 11.1 Å². The first-order valence-electron chi connectivity index (χ1n) is 19.5. The van der Waals surface area contributed by atoms with Gasteiger partial charge in [-0.3, -0.25) is 14.7 Å². The van der Waals surface area contributed by atoms with Crippen LogP contribution in [-0.2, 0) is 30.2 Å². The van der Waals surface area contributed by atoms with Crippen molar-refractivity contribution in [1.29, 1.82) is 0 Å². The fourth-order valence-corrected chi connectivity index (χ4v) is 8.47. The number of hydrogen-bond donors (Lipinski definition) is 2. The second-order valence-electron chi connectivity index (χ2n) is 16.5. The van der Waals surface area contributed by atoms with Crippen LogP contribution in [0, 0.1) is 5.92 Å². The fourth-order valence-electron chi connectivity index (χ4n) is 8.47. The third kappa shape index (κ3) is 7.25. The summed E-state index contributed by atoms with van der Waals surface area (Å²) in [5.41, 5.74) is 6.60. The summed E-state index contributed by atoms with van der Waals surface area (Å²) in [6, 6.07) is 17.8. The Balaban J connectivity index is 0.983. The number of H-pyrrole nitrogens is 1. The maximum absolute atomic E-state index is 14.0. The molecule has 2 N–H and O–H groups in total. The molecule has 13 heteroatoms. The SMILES string of the molecule is COC(=O)N[C@H](C(=O)N1CC2(C[C@H]1c1ncc(-c3ccc(-c4ccc5c6c(ccc5c4)N=C([C@@H]4CCCN4C(=O)OC(C)(C)C)C6)cc3)[nH]1)OCCO2)C(C)C. The molecule has 0 bridgehead atoms. The van der Waals surface area contributed by atoms with Gasteiger partial charge in [-0.05, 0) is 84.7 Å². The molecule has 294 valence electrons. The van der Waals surface area contributed by atoms with Gasteiger partial charge < -0.3 is 34.1 Å². The highest BCUT2D eigenvalue weighted by molar-refractivity contribution is 6.05. The summed E-state index contributed by atoms with van der Waals surface area (Å²) in [4.78, 5) is 55.9. The monoisotopic (exact) mass is 762 g/mol. The quantitative estimate of drug-likeness (QED) is 0.199. The number of aromatic amines is 1. The molecule has 3 atom stereocenters. The maximum Gasteiger partial charge on any atom is 0.410 e. The molecule has 4 aliphatic heterocycles. The number of imidazole rings is 1. The smallest absolute Gasteiger partial charge is 0.410 e. The van der Waals surface area contributed by atoms with Crippen LogP contribution >= 0.6 is 0 Å². The predicted octanol–water partition coefficient (Wildman–Crippen LogP) is 7.32. The molecule has 13 nitrogen and oxygen atoms in total. The molecule has 3 saturated heterocycles. The summed E-state index contributed by atoms with van der Waals surface area (Å²) in [5.74, 6) is -0.731. The Morgan fingerprint density at radius 2 is 1.70 bits per heavy atom. The molecule has 0 saturated carbocycles. The molecule has 4 aliphatic rings. The van der Waals surface area contributed by atoms with Gasteiger partial charge in [0.05, 0.1) is 56.5 Å². The van der Waals surface area contributed by atoms with E-state index < -0.39 is 29.6 Å². The third-order valence-electron chi connectivity index (χ3n) is 11.2. The largest absolute Gasteiger partial charge is 0.453 e. The van der Waals surface area contributed by atoms with Crippen LogP contribution < -0.4 is 5.32 Å². The van der Waals surface area contributed by atoms with Crippen LogP contribution in [0.1, 0.15) is 71.3 Å². The topological polar surface area (TPSA) is 148 Å². The number of benzene rings is 3. The standard InChI is InChI=1S/C43H50N6O7/c1-25(2)37(47-40(51)53-6)39(50)49-24-43(54-18-19-55-43)22-36(49)38-44-23-34(46-38)27-11-9-26(10-12-27)28-13-15-30-29(20-28)14-16-32-31(30)21-33(45-32)35-8-7-17-48(35)41(52)56-42(3,4)5/h9-16,20,23,25,35-37H,7-8,17-19,21-22,24H2,1-6H3,(H,44,46)(H,47,51)/t35-,36-,37-/m0/s1. The van der Waals surface area contributed by atoms with Crippen molar-refractivity contribution in [2.75, 3.05) is 33.4 Å². The summed E-state index contributed by atoms with van der Waals surface area (Å²) < 4.78 is 22.6. The van der Waals surface area contributed by atoms with E-state index in [1.165, 1.54) is 18.1 Å². The number of alkyl carbamates (subject to hydrolysis) is 1. The molecule has 0 aliphatic carbocycles. The second kappa shape index (κ2) is 14.7. The van der Waals surface area contributed by atoms with E-state index in [-0.39, 0.29) is 30.5 Å². The number of amides is 3. The average molecular weight is 763 g/mol. The molecule has 4 aromatic rings. The van der Waals surface area contributed by atoms with Gasteiger partial charge in [-0.15, -0.1) is 0 Å². The average Bonchev–Trinajstić information content (AvgIpc) is 4.03. The van der Waals surface area contributed by atoms with E-state index in [0.29, 0.717) is 38.4 Å². The van der Waals surface area contributed by atoms with E-state index in [4.69, 9.17) is 28.9 Å². The van der Waals surface area contributed by atoms with Gasteiger partial charge in [0.15, 0.2) is 5.79 Å². The zero-order valence-corrected chi connectivity index (χ0v) is 32.9. The highest BCUT2D eigenvalue weighted by Gasteiger charge is 2.52. The molecule has 5 heterocycles. The van der Waals surface area contributed by atoms with Gasteiger partial charge in [-0.1, -0.05) is 56.3 Å². The van der Waals surface area contributed by atoms with Crippen LogP contribution in [0.3, 0.4) is 0 Å². The maximum atomic E-state index is 14.0. The zero-order chi connectivity index (χ0) is 39.4. The van der Waals surface area contributed by atoms with Crippen molar-refractivity contribution in [2.24, 2.45) is 10.9 Å². The number of carbonyl (C=O) groups is 3. The van der Waals surface area contributed by atoms with Crippen LogP contribution in [0.25, 0.3) is 33.2 Å². The van der Waals surface area contributed by atoms with E-state index in [1.807, 2.05) is 39.5 Å². The zero-order valence-electron chi connectivity index (χ0n) is 32.9. The van der Waals surface area contributed by atoms with Crippen molar-refractivity contribution in [3.63, 3.8) is 0 Å². The minimum atomic E-state index is -0.921. The minimum Gasteiger partial charge on any atom is -0.453 e. The van der Waals surface area contributed by atoms with Crippen LogP contribution in [0.4, 0.5) is 15.3 Å². The number of nitrogens with zero attached hydrogens (tertiary/aromatic N) is 4. The van der Waals surface area contributed by atoms with Crippen molar-refractivity contribution in [3.05, 3.63) is 72.2 Å². The molecule has 1 aromatic heterocycles. The van der Waals surface area contributed by atoms with E-state index >= 15 is 0 Å². The summed E-state index contributed by atoms with van der Waals surface area (Å²) >= 11 is 0. The number of rotatable bonds is 7. The number of aliphatic imine (C=N–C) groups is 1. The van der Waals surface area contributed by atoms with Gasteiger partial charge in [0, 0.05) is 25.1 Å². The van der Waals surface area contributed by atoms with Crippen molar-refractivity contribution in [2.45, 2.75) is 89.8 Å². The highest BCUT2D eigenvalue weighted by Crippen LogP contribution is 2.43. The van der Waals surface area contributed by atoms with Crippen molar-refractivity contribution >= 4 is 40.3 Å². The summed E-state index contributed by atoms with van der Waals surface area (Å²) in [5, 5.41) is 5.01. The highest BCUT2D eigenvalue weighted by atomic mass is 16.7. The fraction of sp³-hybridized carbons (Fsp3) is 0.465. The minimum absolute atomic E-state index is 0.0461. The number of hydrogen-bond acceptors (Lipinski definition) is 9. The lowest BCUT2D eigenvalue weighted by Crippen LogP contribution is -2.52. The van der Waals surface area contributed by atoms with Gasteiger partial charge in [0.2, 0.25) is 5.91 Å². The molecular weight excluding hydrogens is 713 g/mol. The van der Waals surface area contributed by atoms with Gasteiger partial charge in [0.25, 0.3) is 0 Å².